The van der Waals surface area contributed by atoms with Gasteiger partial charge in [-0.25, -0.2) is 0 Å². The molecule has 0 aromatic heterocycles. The van der Waals surface area contributed by atoms with Crippen molar-refractivity contribution in [3.05, 3.63) is 32.8 Å². The third-order valence-electron chi connectivity index (χ3n) is 3.23. The third kappa shape index (κ3) is 2.44. The Labute approximate surface area is 118 Å². The van der Waals surface area contributed by atoms with Gasteiger partial charge in [0.15, 0.2) is 0 Å². The molecule has 1 unspecified atom stereocenters. The summed E-state index contributed by atoms with van der Waals surface area (Å²) in [5, 5.41) is 19.6. The third-order valence-corrected chi connectivity index (χ3v) is 3.53. The van der Waals surface area contributed by atoms with Crippen LogP contribution >= 0.6 is 11.6 Å². The van der Waals surface area contributed by atoms with Crippen molar-refractivity contribution in [2.75, 3.05) is 11.4 Å². The standard InChI is InChI=1S/C12H11ClN2O5/c1-6-2-10(15(19)20)8(13)4-9(6)14-5-7(12(17)18)3-11(14)16/h2,4,7H,3,5H2,1H3,(H,17,18). The fourth-order valence-electron chi connectivity index (χ4n) is 2.19. The molecule has 1 fully saturated rings. The Morgan fingerprint density at radius 2 is 2.20 bits per heavy atom. The molecule has 1 aliphatic heterocycles. The summed E-state index contributed by atoms with van der Waals surface area (Å²) in [5.74, 6) is -2.13. The van der Waals surface area contributed by atoms with Gasteiger partial charge in [0.05, 0.1) is 10.8 Å². The van der Waals surface area contributed by atoms with E-state index in [-0.39, 0.29) is 29.6 Å². The number of halogens is 1. The Morgan fingerprint density at radius 1 is 1.55 bits per heavy atom. The predicted molar refractivity (Wildman–Crippen MR) is 70.9 cm³/mol. The van der Waals surface area contributed by atoms with E-state index in [1.165, 1.54) is 17.0 Å². The van der Waals surface area contributed by atoms with Crippen LogP contribution in [0.1, 0.15) is 12.0 Å². The zero-order valence-electron chi connectivity index (χ0n) is 10.5. The van der Waals surface area contributed by atoms with E-state index < -0.39 is 16.8 Å². The number of nitrogens with zero attached hydrogens (tertiary/aromatic N) is 2. The number of anilines is 1. The van der Waals surface area contributed by atoms with Crippen LogP contribution in [0.2, 0.25) is 5.02 Å². The van der Waals surface area contributed by atoms with Gasteiger partial charge in [0.25, 0.3) is 5.69 Å². The lowest BCUT2D eigenvalue weighted by molar-refractivity contribution is -0.384. The van der Waals surface area contributed by atoms with Crippen LogP contribution in [0, 0.1) is 23.0 Å². The lowest BCUT2D eigenvalue weighted by Crippen LogP contribution is -2.26. The zero-order valence-corrected chi connectivity index (χ0v) is 11.3. The van der Waals surface area contributed by atoms with Crippen molar-refractivity contribution in [2.24, 2.45) is 5.92 Å². The number of aryl methyl sites for hydroxylation is 1. The molecule has 0 radical (unpaired) electrons. The fourth-order valence-corrected chi connectivity index (χ4v) is 2.42. The number of rotatable bonds is 3. The predicted octanol–water partition coefficient (Wildman–Crippen LogP) is 1.99. The lowest BCUT2D eigenvalue weighted by atomic mass is 10.1. The normalized spacial score (nSPS) is 18.4. The molecule has 20 heavy (non-hydrogen) atoms. The summed E-state index contributed by atoms with van der Waals surface area (Å²) >= 11 is 5.83. The van der Waals surface area contributed by atoms with Crippen LogP contribution in [0.25, 0.3) is 0 Å². The monoisotopic (exact) mass is 298 g/mol. The average molecular weight is 299 g/mol. The van der Waals surface area contributed by atoms with Gasteiger partial charge in [0, 0.05) is 24.7 Å². The highest BCUT2D eigenvalue weighted by Gasteiger charge is 2.36. The molecule has 0 aliphatic carbocycles. The number of nitro groups is 1. The van der Waals surface area contributed by atoms with E-state index in [9.17, 15) is 19.7 Å². The van der Waals surface area contributed by atoms with Crippen LogP contribution in [0.15, 0.2) is 12.1 Å². The number of hydrogen-bond acceptors (Lipinski definition) is 4. The Bertz CT molecular complexity index is 616. The number of amides is 1. The van der Waals surface area contributed by atoms with Crippen LogP contribution in [-0.2, 0) is 9.59 Å². The van der Waals surface area contributed by atoms with Gasteiger partial charge in [-0.1, -0.05) is 11.6 Å². The van der Waals surface area contributed by atoms with Gasteiger partial charge in [-0.05, 0) is 18.6 Å². The number of aliphatic carboxylic acids is 1. The first-order valence-electron chi connectivity index (χ1n) is 5.79. The summed E-state index contributed by atoms with van der Waals surface area (Å²) in [7, 11) is 0. The number of nitro benzene ring substituents is 1. The molecule has 1 heterocycles. The maximum Gasteiger partial charge on any atom is 0.308 e. The summed E-state index contributed by atoms with van der Waals surface area (Å²) in [5.41, 5.74) is 0.671. The van der Waals surface area contributed by atoms with Crippen molar-refractivity contribution in [1.82, 2.24) is 0 Å². The minimum atomic E-state index is -1.04. The van der Waals surface area contributed by atoms with E-state index >= 15 is 0 Å². The van der Waals surface area contributed by atoms with Crippen LogP contribution in [0.4, 0.5) is 11.4 Å². The van der Waals surface area contributed by atoms with Gasteiger partial charge in [-0.3, -0.25) is 19.7 Å². The number of benzene rings is 1. The maximum atomic E-state index is 11.9. The van der Waals surface area contributed by atoms with Gasteiger partial charge < -0.3 is 10.0 Å². The van der Waals surface area contributed by atoms with Gasteiger partial charge in [-0.2, -0.15) is 0 Å². The second kappa shape index (κ2) is 5.09. The minimum Gasteiger partial charge on any atom is -0.481 e. The van der Waals surface area contributed by atoms with E-state index in [0.29, 0.717) is 11.3 Å². The molecule has 0 bridgehead atoms. The molecule has 0 saturated carbocycles. The highest BCUT2D eigenvalue weighted by molar-refractivity contribution is 6.33. The average Bonchev–Trinajstić information content (AvgIpc) is 2.73. The molecular formula is C12H11ClN2O5. The Balaban J connectivity index is 2.39. The van der Waals surface area contributed by atoms with Crippen LogP contribution in [0.5, 0.6) is 0 Å². The molecule has 1 aromatic carbocycles. The first-order chi connectivity index (χ1) is 9.31. The van der Waals surface area contributed by atoms with Crippen LogP contribution in [-0.4, -0.2) is 28.5 Å². The van der Waals surface area contributed by atoms with E-state index in [1.54, 1.807) is 6.92 Å². The highest BCUT2D eigenvalue weighted by atomic mass is 35.5. The van der Waals surface area contributed by atoms with Gasteiger partial charge in [0.2, 0.25) is 5.91 Å². The van der Waals surface area contributed by atoms with Crippen molar-refractivity contribution in [3.63, 3.8) is 0 Å². The molecule has 1 saturated heterocycles. The molecule has 1 amide bonds. The molecule has 1 aliphatic rings. The molecule has 0 spiro atoms. The quantitative estimate of drug-likeness (QED) is 0.679. The molecular weight excluding hydrogens is 288 g/mol. The Kier molecular flexibility index (Phi) is 3.63. The fraction of sp³-hybridized carbons (Fsp3) is 0.333. The molecule has 1 N–H and O–H groups in total. The summed E-state index contributed by atoms with van der Waals surface area (Å²) in [4.78, 5) is 34.3. The molecule has 7 nitrogen and oxygen atoms in total. The van der Waals surface area contributed by atoms with Crippen LogP contribution < -0.4 is 4.90 Å². The number of carboxylic acid groups (broad SMARTS) is 1. The first-order valence-corrected chi connectivity index (χ1v) is 6.16. The van der Waals surface area contributed by atoms with Crippen molar-refractivity contribution >= 4 is 34.9 Å². The molecule has 1 aromatic rings. The van der Waals surface area contributed by atoms with Gasteiger partial charge in [0.1, 0.15) is 5.02 Å². The maximum absolute atomic E-state index is 11.9. The van der Waals surface area contributed by atoms with Crippen molar-refractivity contribution in [1.29, 1.82) is 0 Å². The lowest BCUT2D eigenvalue weighted by Gasteiger charge is -2.19. The first kappa shape index (κ1) is 14.3. The SMILES string of the molecule is Cc1cc([N+](=O)[O-])c(Cl)cc1N1CC(C(=O)O)CC1=O. The smallest absolute Gasteiger partial charge is 0.308 e. The number of hydrogen-bond donors (Lipinski definition) is 1. The highest BCUT2D eigenvalue weighted by Crippen LogP contribution is 2.35. The molecule has 8 heteroatoms. The van der Waals surface area contributed by atoms with Gasteiger partial charge >= 0.3 is 5.97 Å². The minimum absolute atomic E-state index is 0.0448. The number of carboxylic acids is 1. The summed E-state index contributed by atoms with van der Waals surface area (Å²) in [6, 6.07) is 2.61. The molecule has 2 rings (SSSR count). The summed E-state index contributed by atoms with van der Waals surface area (Å²) in [6.45, 7) is 1.66. The zero-order chi connectivity index (χ0) is 15.0. The van der Waals surface area contributed by atoms with Gasteiger partial charge in [-0.15, -0.1) is 0 Å². The van der Waals surface area contributed by atoms with Crippen molar-refractivity contribution < 1.29 is 19.6 Å². The second-order valence-electron chi connectivity index (χ2n) is 4.59. The largest absolute Gasteiger partial charge is 0.481 e. The van der Waals surface area contributed by atoms with E-state index in [1.807, 2.05) is 0 Å². The van der Waals surface area contributed by atoms with E-state index in [2.05, 4.69) is 0 Å². The van der Waals surface area contributed by atoms with Crippen molar-refractivity contribution in [3.8, 4) is 0 Å². The Morgan fingerprint density at radius 3 is 2.70 bits per heavy atom. The second-order valence-corrected chi connectivity index (χ2v) is 5.00. The van der Waals surface area contributed by atoms with E-state index in [0.717, 1.165) is 0 Å². The topological polar surface area (TPSA) is 101 Å². The van der Waals surface area contributed by atoms with Crippen molar-refractivity contribution in [2.45, 2.75) is 13.3 Å². The summed E-state index contributed by atoms with van der Waals surface area (Å²) < 4.78 is 0. The number of carbonyl (C=O) groups excluding carboxylic acids is 1. The molecule has 1 atom stereocenters. The van der Waals surface area contributed by atoms with Crippen LogP contribution in [0.3, 0.4) is 0 Å². The number of carbonyl (C=O) groups is 2. The summed E-state index contributed by atoms with van der Waals surface area (Å²) in [6.07, 6.45) is -0.0800. The van der Waals surface area contributed by atoms with E-state index in [4.69, 9.17) is 16.7 Å². The molecule has 106 valence electrons. The Hall–Kier alpha value is -2.15.